The predicted octanol–water partition coefficient (Wildman–Crippen LogP) is 5.42. The van der Waals surface area contributed by atoms with Gasteiger partial charge in [0, 0.05) is 0 Å². The monoisotopic (exact) mass is 246 g/mol. The topological polar surface area (TPSA) is 0 Å². The Morgan fingerprint density at radius 3 is 2.16 bits per heavy atom. The van der Waals surface area contributed by atoms with E-state index in [0.29, 0.717) is 0 Å². The quantitative estimate of drug-likeness (QED) is 0.632. The van der Waals surface area contributed by atoms with Gasteiger partial charge in [-0.05, 0) is 34.8 Å². The molecule has 0 atom stereocenters. The van der Waals surface area contributed by atoms with Gasteiger partial charge in [0.2, 0.25) is 0 Å². The van der Waals surface area contributed by atoms with Crippen LogP contribution in [0.1, 0.15) is 11.1 Å². The maximum atomic E-state index is 3.90. The van der Waals surface area contributed by atoms with E-state index in [4.69, 9.17) is 0 Å². The van der Waals surface area contributed by atoms with E-state index >= 15 is 0 Å². The smallest absolute Gasteiger partial charge is 0.0103 e. The molecule has 0 saturated carbocycles. The van der Waals surface area contributed by atoms with Crippen LogP contribution < -0.4 is 0 Å². The number of benzene rings is 2. The first-order chi connectivity index (χ1) is 9.27. The van der Waals surface area contributed by atoms with Gasteiger partial charge in [-0.1, -0.05) is 79.9 Å². The molecule has 0 aliphatic rings. The molecular weight excluding hydrogens is 228 g/mol. The summed E-state index contributed by atoms with van der Waals surface area (Å²) < 4.78 is 0. The van der Waals surface area contributed by atoms with Gasteiger partial charge < -0.3 is 0 Å². The summed E-state index contributed by atoms with van der Waals surface area (Å²) in [7, 11) is 0. The standard InChI is InChI=1S/C19H18/c1-4-10-16(5-2)18-13-8-9-14-19(18)17-12-7-6-11-15(17)3/h4-14H,1-2H2,3H3. The highest BCUT2D eigenvalue weighted by Gasteiger charge is 2.08. The highest BCUT2D eigenvalue weighted by atomic mass is 14.1. The third-order valence-corrected chi connectivity index (χ3v) is 3.19. The lowest BCUT2D eigenvalue weighted by Gasteiger charge is -2.12. The van der Waals surface area contributed by atoms with Crippen molar-refractivity contribution in [3.63, 3.8) is 0 Å². The molecule has 0 nitrogen and oxygen atoms in total. The van der Waals surface area contributed by atoms with Crippen molar-refractivity contribution in [3.05, 3.63) is 91.0 Å². The van der Waals surface area contributed by atoms with Crippen molar-refractivity contribution >= 4 is 5.57 Å². The number of aryl methyl sites for hydroxylation is 1. The maximum absolute atomic E-state index is 3.90. The van der Waals surface area contributed by atoms with Crippen molar-refractivity contribution in [1.29, 1.82) is 0 Å². The van der Waals surface area contributed by atoms with E-state index in [-0.39, 0.29) is 0 Å². The van der Waals surface area contributed by atoms with Crippen molar-refractivity contribution < 1.29 is 0 Å². The normalized spacial score (nSPS) is 11.1. The first-order valence-corrected chi connectivity index (χ1v) is 6.38. The van der Waals surface area contributed by atoms with Crippen LogP contribution in [0.15, 0.2) is 79.9 Å². The summed E-state index contributed by atoms with van der Waals surface area (Å²) in [6.07, 6.45) is 5.66. The number of allylic oxidation sites excluding steroid dienone is 4. The van der Waals surface area contributed by atoms with Crippen LogP contribution in [0.4, 0.5) is 0 Å². The molecule has 0 amide bonds. The fourth-order valence-corrected chi connectivity index (χ4v) is 2.24. The molecule has 0 fully saturated rings. The Balaban J connectivity index is 2.66. The molecule has 0 unspecified atom stereocenters. The van der Waals surface area contributed by atoms with Gasteiger partial charge in [0.05, 0.1) is 0 Å². The SMILES string of the molecule is C=CC=C(C=C)c1ccccc1-c1ccccc1C. The van der Waals surface area contributed by atoms with E-state index in [9.17, 15) is 0 Å². The Kier molecular flexibility index (Phi) is 4.15. The van der Waals surface area contributed by atoms with E-state index in [2.05, 4.69) is 68.6 Å². The predicted molar refractivity (Wildman–Crippen MR) is 85.0 cm³/mol. The van der Waals surface area contributed by atoms with Crippen LogP contribution in [0, 0.1) is 6.92 Å². The molecule has 2 aromatic carbocycles. The second-order valence-corrected chi connectivity index (χ2v) is 4.42. The fraction of sp³-hybridized carbons (Fsp3) is 0.0526. The minimum absolute atomic E-state index is 1.09. The molecule has 0 bridgehead atoms. The van der Waals surface area contributed by atoms with Gasteiger partial charge in [0.25, 0.3) is 0 Å². The highest BCUT2D eigenvalue weighted by Crippen LogP contribution is 2.31. The van der Waals surface area contributed by atoms with Crippen molar-refractivity contribution in [2.45, 2.75) is 6.92 Å². The van der Waals surface area contributed by atoms with Crippen molar-refractivity contribution in [3.8, 4) is 11.1 Å². The van der Waals surface area contributed by atoms with Gasteiger partial charge in [-0.15, -0.1) is 0 Å². The first-order valence-electron chi connectivity index (χ1n) is 6.38. The largest absolute Gasteiger partial charge is 0.0990 e. The van der Waals surface area contributed by atoms with Crippen molar-refractivity contribution in [2.24, 2.45) is 0 Å². The molecule has 2 rings (SSSR count). The highest BCUT2D eigenvalue weighted by molar-refractivity contribution is 5.86. The van der Waals surface area contributed by atoms with Crippen LogP contribution in [-0.2, 0) is 0 Å². The number of hydrogen-bond acceptors (Lipinski definition) is 0. The Morgan fingerprint density at radius 1 is 0.895 bits per heavy atom. The second kappa shape index (κ2) is 6.01. The lowest BCUT2D eigenvalue weighted by molar-refractivity contribution is 1.45. The Labute approximate surface area is 115 Å². The van der Waals surface area contributed by atoms with Gasteiger partial charge in [-0.25, -0.2) is 0 Å². The molecular formula is C19H18. The zero-order valence-electron chi connectivity index (χ0n) is 11.3. The zero-order valence-corrected chi connectivity index (χ0v) is 11.3. The third kappa shape index (κ3) is 2.74. The molecule has 0 aromatic heterocycles. The summed E-state index contributed by atoms with van der Waals surface area (Å²) in [5.74, 6) is 0. The number of rotatable bonds is 4. The number of hydrogen-bond donors (Lipinski definition) is 0. The Bertz CT molecular complexity index is 630. The molecule has 0 radical (unpaired) electrons. The van der Waals surface area contributed by atoms with Gasteiger partial charge in [-0.3, -0.25) is 0 Å². The summed E-state index contributed by atoms with van der Waals surface area (Å²) in [5.41, 5.74) is 6.04. The van der Waals surface area contributed by atoms with Gasteiger partial charge >= 0.3 is 0 Å². The van der Waals surface area contributed by atoms with E-state index in [1.54, 1.807) is 6.08 Å². The lowest BCUT2D eigenvalue weighted by atomic mass is 9.92. The molecule has 2 aromatic rings. The molecule has 19 heavy (non-hydrogen) atoms. The van der Waals surface area contributed by atoms with Crippen molar-refractivity contribution in [2.75, 3.05) is 0 Å². The first kappa shape index (κ1) is 13.1. The molecule has 0 heteroatoms. The van der Waals surface area contributed by atoms with Gasteiger partial charge in [0.15, 0.2) is 0 Å². The molecule has 0 N–H and O–H groups in total. The molecule has 0 heterocycles. The van der Waals surface area contributed by atoms with E-state index in [0.717, 1.165) is 5.57 Å². The average Bonchev–Trinajstić information content (AvgIpc) is 2.45. The summed E-state index contributed by atoms with van der Waals surface area (Å²) in [6, 6.07) is 16.8. The van der Waals surface area contributed by atoms with E-state index < -0.39 is 0 Å². The second-order valence-electron chi connectivity index (χ2n) is 4.42. The van der Waals surface area contributed by atoms with Crippen LogP contribution >= 0.6 is 0 Å². The van der Waals surface area contributed by atoms with Gasteiger partial charge in [-0.2, -0.15) is 0 Å². The molecule has 0 aliphatic carbocycles. The third-order valence-electron chi connectivity index (χ3n) is 3.19. The Morgan fingerprint density at radius 2 is 1.53 bits per heavy atom. The maximum Gasteiger partial charge on any atom is -0.0103 e. The van der Waals surface area contributed by atoms with Crippen LogP contribution in [0.25, 0.3) is 16.7 Å². The van der Waals surface area contributed by atoms with Gasteiger partial charge in [0.1, 0.15) is 0 Å². The van der Waals surface area contributed by atoms with Crippen LogP contribution in [0.5, 0.6) is 0 Å². The van der Waals surface area contributed by atoms with E-state index in [1.807, 2.05) is 12.2 Å². The summed E-state index contributed by atoms with van der Waals surface area (Å²) >= 11 is 0. The molecule has 0 saturated heterocycles. The Hall–Kier alpha value is -2.34. The summed E-state index contributed by atoms with van der Waals surface area (Å²) in [5, 5.41) is 0. The van der Waals surface area contributed by atoms with E-state index in [1.165, 1.54) is 22.3 Å². The van der Waals surface area contributed by atoms with Crippen LogP contribution in [-0.4, -0.2) is 0 Å². The average molecular weight is 246 g/mol. The summed E-state index contributed by atoms with van der Waals surface area (Å²) in [4.78, 5) is 0. The summed E-state index contributed by atoms with van der Waals surface area (Å²) in [6.45, 7) is 9.80. The van der Waals surface area contributed by atoms with Crippen molar-refractivity contribution in [1.82, 2.24) is 0 Å². The molecule has 0 aliphatic heterocycles. The molecule has 94 valence electrons. The minimum Gasteiger partial charge on any atom is -0.0990 e. The lowest BCUT2D eigenvalue weighted by Crippen LogP contribution is -1.89. The zero-order chi connectivity index (χ0) is 13.7. The van der Waals surface area contributed by atoms with Crippen LogP contribution in [0.3, 0.4) is 0 Å². The van der Waals surface area contributed by atoms with Crippen LogP contribution in [0.2, 0.25) is 0 Å². The molecule has 0 spiro atoms. The minimum atomic E-state index is 1.09. The fourth-order valence-electron chi connectivity index (χ4n) is 2.24.